The lowest BCUT2D eigenvalue weighted by Gasteiger charge is -2.14. The summed E-state index contributed by atoms with van der Waals surface area (Å²) in [6.45, 7) is 0. The van der Waals surface area contributed by atoms with Crippen molar-refractivity contribution in [1.82, 2.24) is 4.31 Å². The molecule has 0 radical (unpaired) electrons. The van der Waals surface area contributed by atoms with E-state index in [1.807, 2.05) is 0 Å². The molecule has 0 saturated carbocycles. The summed E-state index contributed by atoms with van der Waals surface area (Å²) in [7, 11) is -2.42. The molecular weight excluding hydrogens is 238 g/mol. The van der Waals surface area contributed by atoms with Crippen LogP contribution < -0.4 is 0 Å². The van der Waals surface area contributed by atoms with E-state index in [0.29, 0.717) is 0 Å². The Morgan fingerprint density at radius 2 is 1.76 bits per heavy atom. The van der Waals surface area contributed by atoms with E-state index in [1.165, 1.54) is 19.2 Å². The molecule has 0 aliphatic heterocycles. The van der Waals surface area contributed by atoms with Crippen molar-refractivity contribution < 1.29 is 8.42 Å². The van der Waals surface area contributed by atoms with Gasteiger partial charge in [0.25, 0.3) is 10.0 Å². The molecule has 1 aromatic rings. The van der Waals surface area contributed by atoms with Gasteiger partial charge in [0.2, 0.25) is 0 Å². The molecule has 1 rings (SSSR count). The molecule has 17 heavy (non-hydrogen) atoms. The SMILES string of the molecule is CN(C=C(C#N)C#N)S(=O)(=O)c1ccccc1. The van der Waals surface area contributed by atoms with Gasteiger partial charge in [-0.1, -0.05) is 18.2 Å². The summed E-state index contributed by atoms with van der Waals surface area (Å²) < 4.78 is 24.8. The molecule has 1 aromatic carbocycles. The van der Waals surface area contributed by atoms with Gasteiger partial charge in [-0.05, 0) is 12.1 Å². The van der Waals surface area contributed by atoms with Crippen molar-refractivity contribution in [3.8, 4) is 12.1 Å². The van der Waals surface area contributed by atoms with Crippen molar-refractivity contribution in [2.75, 3.05) is 7.05 Å². The summed E-state index contributed by atoms with van der Waals surface area (Å²) in [5.41, 5.74) is -0.271. The normalized spacial score (nSPS) is 9.82. The Morgan fingerprint density at radius 1 is 1.24 bits per heavy atom. The van der Waals surface area contributed by atoms with Crippen molar-refractivity contribution in [1.29, 1.82) is 10.5 Å². The lowest BCUT2D eigenvalue weighted by molar-refractivity contribution is 0.538. The van der Waals surface area contributed by atoms with Crippen molar-refractivity contribution in [2.24, 2.45) is 0 Å². The molecule has 0 atom stereocenters. The molecular formula is C11H9N3O2S. The summed E-state index contributed by atoms with van der Waals surface area (Å²) in [4.78, 5) is 0.106. The van der Waals surface area contributed by atoms with Crippen LogP contribution in [0, 0.1) is 22.7 Å². The molecule has 0 saturated heterocycles. The fourth-order valence-corrected chi connectivity index (χ4v) is 2.17. The molecule has 0 aromatic heterocycles. The molecule has 0 heterocycles. The minimum absolute atomic E-state index is 0.106. The Hall–Kier alpha value is -2.31. The number of hydrogen-bond acceptors (Lipinski definition) is 4. The number of nitrogens with zero attached hydrogens (tertiary/aromatic N) is 3. The Balaban J connectivity index is 3.15. The van der Waals surface area contributed by atoms with Crippen molar-refractivity contribution in [2.45, 2.75) is 4.90 Å². The van der Waals surface area contributed by atoms with Crippen LogP contribution in [-0.2, 0) is 10.0 Å². The third-order valence-electron chi connectivity index (χ3n) is 1.97. The second-order valence-electron chi connectivity index (χ2n) is 3.10. The number of hydrogen-bond donors (Lipinski definition) is 0. The highest BCUT2D eigenvalue weighted by atomic mass is 32.2. The fourth-order valence-electron chi connectivity index (χ4n) is 1.09. The molecule has 86 valence electrons. The first-order chi connectivity index (χ1) is 8.02. The van der Waals surface area contributed by atoms with Crippen LogP contribution in [0.2, 0.25) is 0 Å². The Kier molecular flexibility index (Phi) is 3.86. The summed E-state index contributed by atoms with van der Waals surface area (Å²) in [6.07, 6.45) is 0.988. The first-order valence-electron chi connectivity index (χ1n) is 4.57. The molecule has 0 unspecified atom stereocenters. The highest BCUT2D eigenvalue weighted by Gasteiger charge is 2.18. The second kappa shape index (κ2) is 5.15. The van der Waals surface area contributed by atoms with Crippen LogP contribution in [0.15, 0.2) is 47.0 Å². The topological polar surface area (TPSA) is 85.0 Å². The molecule has 0 N–H and O–H groups in total. The van der Waals surface area contributed by atoms with Gasteiger partial charge in [0, 0.05) is 13.2 Å². The van der Waals surface area contributed by atoms with Crippen LogP contribution in [0.3, 0.4) is 0 Å². The number of allylic oxidation sites excluding steroid dienone is 1. The molecule has 0 spiro atoms. The van der Waals surface area contributed by atoms with Gasteiger partial charge in [-0.15, -0.1) is 0 Å². The summed E-state index contributed by atoms with van der Waals surface area (Å²) in [6, 6.07) is 11.0. The Morgan fingerprint density at radius 3 is 2.24 bits per heavy atom. The Bertz CT molecular complexity index is 590. The predicted octanol–water partition coefficient (Wildman–Crippen LogP) is 1.24. The molecule has 0 bridgehead atoms. The number of nitriles is 2. The van der Waals surface area contributed by atoms with Gasteiger partial charge < -0.3 is 0 Å². The molecule has 6 heteroatoms. The highest BCUT2D eigenvalue weighted by Crippen LogP contribution is 2.14. The van der Waals surface area contributed by atoms with E-state index < -0.39 is 10.0 Å². The quantitative estimate of drug-likeness (QED) is 0.752. The maximum atomic E-state index is 12.0. The number of benzene rings is 1. The monoisotopic (exact) mass is 247 g/mol. The van der Waals surface area contributed by atoms with Crippen molar-refractivity contribution in [3.05, 3.63) is 42.1 Å². The molecule has 5 nitrogen and oxygen atoms in total. The van der Waals surface area contributed by atoms with Crippen LogP contribution in [0.4, 0.5) is 0 Å². The zero-order valence-corrected chi connectivity index (χ0v) is 9.85. The first kappa shape index (κ1) is 12.8. The van der Waals surface area contributed by atoms with Gasteiger partial charge in [0.1, 0.15) is 17.7 Å². The smallest absolute Gasteiger partial charge is 0.263 e. The van der Waals surface area contributed by atoms with Gasteiger partial charge >= 0.3 is 0 Å². The lowest BCUT2D eigenvalue weighted by Crippen LogP contribution is -2.21. The standard InChI is InChI=1S/C11H9N3O2S/c1-14(9-10(7-12)8-13)17(15,16)11-5-3-2-4-6-11/h2-6,9H,1H3. The molecule has 0 aliphatic carbocycles. The van der Waals surface area contributed by atoms with E-state index in [0.717, 1.165) is 10.5 Å². The average molecular weight is 247 g/mol. The molecule has 0 amide bonds. The maximum Gasteiger partial charge on any atom is 0.263 e. The van der Waals surface area contributed by atoms with Gasteiger partial charge in [-0.25, -0.2) is 8.42 Å². The van der Waals surface area contributed by atoms with Crippen molar-refractivity contribution >= 4 is 10.0 Å². The van der Waals surface area contributed by atoms with Crippen LogP contribution >= 0.6 is 0 Å². The third kappa shape index (κ3) is 2.83. The Labute approximate surface area is 99.9 Å². The zero-order valence-electron chi connectivity index (χ0n) is 9.03. The largest absolute Gasteiger partial charge is 0.274 e. The third-order valence-corrected chi connectivity index (χ3v) is 3.70. The predicted molar refractivity (Wildman–Crippen MR) is 60.7 cm³/mol. The zero-order chi connectivity index (χ0) is 12.9. The van der Waals surface area contributed by atoms with Crippen molar-refractivity contribution in [3.63, 3.8) is 0 Å². The van der Waals surface area contributed by atoms with Crippen LogP contribution in [0.5, 0.6) is 0 Å². The number of sulfonamides is 1. The molecule has 0 aliphatic rings. The summed E-state index contributed by atoms with van der Waals surface area (Å²) in [5.74, 6) is 0. The van der Waals surface area contributed by atoms with Gasteiger partial charge in [-0.2, -0.15) is 10.5 Å². The maximum absolute atomic E-state index is 12.0. The highest BCUT2D eigenvalue weighted by molar-refractivity contribution is 7.89. The van der Waals surface area contributed by atoms with E-state index in [4.69, 9.17) is 10.5 Å². The first-order valence-corrected chi connectivity index (χ1v) is 6.01. The average Bonchev–Trinajstić information content (AvgIpc) is 2.36. The fraction of sp³-hybridized carbons (Fsp3) is 0.0909. The molecule has 0 fully saturated rings. The second-order valence-corrected chi connectivity index (χ2v) is 5.10. The lowest BCUT2D eigenvalue weighted by atomic mass is 10.4. The van der Waals surface area contributed by atoms with Gasteiger partial charge in [-0.3, -0.25) is 4.31 Å². The van der Waals surface area contributed by atoms with E-state index in [2.05, 4.69) is 0 Å². The van der Waals surface area contributed by atoms with E-state index in [-0.39, 0.29) is 10.5 Å². The summed E-state index contributed by atoms with van der Waals surface area (Å²) in [5, 5.41) is 17.1. The van der Waals surface area contributed by atoms with Crippen LogP contribution in [0.25, 0.3) is 0 Å². The summed E-state index contributed by atoms with van der Waals surface area (Å²) >= 11 is 0. The van der Waals surface area contributed by atoms with E-state index in [1.54, 1.807) is 30.3 Å². The minimum Gasteiger partial charge on any atom is -0.274 e. The van der Waals surface area contributed by atoms with E-state index in [9.17, 15) is 8.42 Å². The number of rotatable bonds is 3. The van der Waals surface area contributed by atoms with Gasteiger partial charge in [0.15, 0.2) is 0 Å². The minimum atomic E-state index is -3.70. The van der Waals surface area contributed by atoms with E-state index >= 15 is 0 Å². The van der Waals surface area contributed by atoms with Crippen LogP contribution in [0.1, 0.15) is 0 Å². The van der Waals surface area contributed by atoms with Gasteiger partial charge in [0.05, 0.1) is 4.90 Å². The van der Waals surface area contributed by atoms with Crippen LogP contribution in [-0.4, -0.2) is 19.8 Å².